The predicted molar refractivity (Wildman–Crippen MR) is 127 cm³/mol. The van der Waals surface area contributed by atoms with E-state index in [2.05, 4.69) is 10.3 Å². The van der Waals surface area contributed by atoms with Crippen molar-refractivity contribution in [3.8, 4) is 0 Å². The fourth-order valence-electron chi connectivity index (χ4n) is 5.08. The van der Waals surface area contributed by atoms with Crippen molar-refractivity contribution in [1.82, 2.24) is 15.2 Å². The Morgan fingerprint density at radius 1 is 0.970 bits per heavy atom. The van der Waals surface area contributed by atoms with E-state index in [1.807, 2.05) is 60.8 Å². The number of nitrogens with one attached hydrogen (secondary N) is 2. The first kappa shape index (κ1) is 21.2. The number of aromatic amines is 1. The highest BCUT2D eigenvalue weighted by atomic mass is 16.2. The predicted octanol–water partition coefficient (Wildman–Crippen LogP) is 4.00. The maximum atomic E-state index is 13.4. The number of nitrogens with zero attached hydrogens (tertiary/aromatic N) is 2. The molecule has 170 valence electrons. The van der Waals surface area contributed by atoms with Gasteiger partial charge in [0, 0.05) is 35.2 Å². The second-order valence-corrected chi connectivity index (χ2v) is 8.88. The molecule has 3 aromatic rings. The Morgan fingerprint density at radius 3 is 2.48 bits per heavy atom. The lowest BCUT2D eigenvalue weighted by Gasteiger charge is -2.35. The summed E-state index contributed by atoms with van der Waals surface area (Å²) in [5.74, 6) is -0.570. The van der Waals surface area contributed by atoms with Gasteiger partial charge < -0.3 is 15.2 Å². The van der Waals surface area contributed by atoms with Gasteiger partial charge in [0.05, 0.1) is 0 Å². The van der Waals surface area contributed by atoms with Gasteiger partial charge in [-0.25, -0.2) is 4.79 Å². The number of aromatic nitrogens is 1. The summed E-state index contributed by atoms with van der Waals surface area (Å²) in [5, 5.41) is 3.80. The Kier molecular flexibility index (Phi) is 5.86. The van der Waals surface area contributed by atoms with Crippen molar-refractivity contribution in [3.05, 3.63) is 66.4 Å². The minimum absolute atomic E-state index is 0.0939. The molecule has 7 heteroatoms. The first-order chi connectivity index (χ1) is 16.1. The molecule has 2 heterocycles. The Bertz CT molecular complexity index is 1170. The molecule has 0 unspecified atom stereocenters. The van der Waals surface area contributed by atoms with E-state index in [0.29, 0.717) is 6.42 Å². The van der Waals surface area contributed by atoms with E-state index in [0.717, 1.165) is 52.7 Å². The molecule has 33 heavy (non-hydrogen) atoms. The highest BCUT2D eigenvalue weighted by Crippen LogP contribution is 2.28. The van der Waals surface area contributed by atoms with E-state index in [-0.39, 0.29) is 24.4 Å². The van der Waals surface area contributed by atoms with Crippen LogP contribution in [-0.4, -0.2) is 46.4 Å². The zero-order chi connectivity index (χ0) is 22.8. The number of anilines is 1. The Labute approximate surface area is 192 Å². The van der Waals surface area contributed by atoms with E-state index in [1.165, 1.54) is 6.42 Å². The molecule has 2 fully saturated rings. The van der Waals surface area contributed by atoms with E-state index in [4.69, 9.17) is 0 Å². The molecular weight excluding hydrogens is 416 g/mol. The molecule has 0 bridgehead atoms. The smallest absolute Gasteiger partial charge is 0.325 e. The van der Waals surface area contributed by atoms with Gasteiger partial charge in [0.2, 0.25) is 5.91 Å². The number of hydrogen-bond donors (Lipinski definition) is 2. The number of imide groups is 1. The summed E-state index contributed by atoms with van der Waals surface area (Å²) in [6, 6.07) is 16.3. The quantitative estimate of drug-likeness (QED) is 0.564. The van der Waals surface area contributed by atoms with Crippen molar-refractivity contribution in [2.24, 2.45) is 0 Å². The number of fused-ring (bicyclic) bond motifs is 1. The van der Waals surface area contributed by atoms with Crippen LogP contribution in [0.3, 0.4) is 0 Å². The van der Waals surface area contributed by atoms with Crippen molar-refractivity contribution < 1.29 is 14.4 Å². The van der Waals surface area contributed by atoms with Gasteiger partial charge in [-0.1, -0.05) is 55.7 Å². The van der Waals surface area contributed by atoms with Gasteiger partial charge in [-0.2, -0.15) is 0 Å². The standard InChI is InChI=1S/C26H28N4O3/c31-24(30(19-9-3-1-4-10-19)20-11-5-2-6-12-20)17-29-25(32)23(28-26(29)33)15-18-16-27-22-14-8-7-13-21(18)22/h1,3-4,7-10,13-14,16,20,23,27H,2,5-6,11-12,15,17H2,(H,28,33)/t23-/m1/s1. The van der Waals surface area contributed by atoms with Gasteiger partial charge in [0.25, 0.3) is 5.91 Å². The zero-order valence-corrected chi connectivity index (χ0v) is 18.5. The first-order valence-corrected chi connectivity index (χ1v) is 11.7. The zero-order valence-electron chi connectivity index (χ0n) is 18.5. The molecule has 2 aliphatic rings. The van der Waals surface area contributed by atoms with Crippen molar-refractivity contribution in [2.45, 2.75) is 50.6 Å². The number of H-pyrrole nitrogens is 1. The molecule has 4 amide bonds. The van der Waals surface area contributed by atoms with Crippen LogP contribution in [-0.2, 0) is 16.0 Å². The third-order valence-electron chi connectivity index (χ3n) is 6.74. The van der Waals surface area contributed by atoms with E-state index < -0.39 is 12.1 Å². The van der Waals surface area contributed by atoms with Crippen LogP contribution in [0, 0.1) is 0 Å². The maximum absolute atomic E-state index is 13.4. The molecule has 1 saturated carbocycles. The summed E-state index contributed by atoms with van der Waals surface area (Å²) in [6.07, 6.45) is 7.46. The second-order valence-electron chi connectivity index (χ2n) is 8.88. The summed E-state index contributed by atoms with van der Waals surface area (Å²) in [5.41, 5.74) is 2.77. The Morgan fingerprint density at radius 2 is 1.70 bits per heavy atom. The maximum Gasteiger partial charge on any atom is 0.325 e. The molecule has 1 aliphatic carbocycles. The summed E-state index contributed by atoms with van der Waals surface area (Å²) in [7, 11) is 0. The molecule has 1 aromatic heterocycles. The molecule has 0 spiro atoms. The fraction of sp³-hybridized carbons (Fsp3) is 0.346. The fourth-order valence-corrected chi connectivity index (χ4v) is 5.08. The molecule has 1 atom stereocenters. The van der Waals surface area contributed by atoms with Gasteiger partial charge in [-0.15, -0.1) is 0 Å². The molecule has 1 aliphatic heterocycles. The lowest BCUT2D eigenvalue weighted by Crippen LogP contribution is -2.48. The van der Waals surface area contributed by atoms with E-state index in [9.17, 15) is 14.4 Å². The van der Waals surface area contributed by atoms with E-state index >= 15 is 0 Å². The number of para-hydroxylation sites is 2. The number of rotatable bonds is 6. The monoisotopic (exact) mass is 444 g/mol. The molecule has 2 aromatic carbocycles. The van der Waals surface area contributed by atoms with Crippen LogP contribution in [0.15, 0.2) is 60.8 Å². The van der Waals surface area contributed by atoms with Gasteiger partial charge >= 0.3 is 6.03 Å². The number of carbonyl (C=O) groups is 3. The third-order valence-corrected chi connectivity index (χ3v) is 6.74. The Hall–Kier alpha value is -3.61. The highest BCUT2D eigenvalue weighted by molar-refractivity contribution is 6.08. The van der Waals surface area contributed by atoms with Crippen molar-refractivity contribution in [1.29, 1.82) is 0 Å². The van der Waals surface area contributed by atoms with E-state index in [1.54, 1.807) is 4.90 Å². The summed E-state index contributed by atoms with van der Waals surface area (Å²) < 4.78 is 0. The van der Waals surface area contributed by atoms with Crippen LogP contribution in [0.5, 0.6) is 0 Å². The molecule has 5 rings (SSSR count). The van der Waals surface area contributed by atoms with Gasteiger partial charge in [0.1, 0.15) is 12.6 Å². The van der Waals surface area contributed by atoms with Crippen LogP contribution in [0.4, 0.5) is 10.5 Å². The summed E-state index contributed by atoms with van der Waals surface area (Å²) in [4.78, 5) is 45.3. The summed E-state index contributed by atoms with van der Waals surface area (Å²) in [6.45, 7) is -0.250. The number of amides is 4. The second kappa shape index (κ2) is 9.10. The van der Waals surface area contributed by atoms with Crippen LogP contribution in [0.1, 0.15) is 37.7 Å². The lowest BCUT2D eigenvalue weighted by atomic mass is 9.93. The van der Waals surface area contributed by atoms with Crippen LogP contribution < -0.4 is 10.2 Å². The van der Waals surface area contributed by atoms with Crippen molar-refractivity contribution in [2.75, 3.05) is 11.4 Å². The highest BCUT2D eigenvalue weighted by Gasteiger charge is 2.40. The largest absolute Gasteiger partial charge is 0.361 e. The number of urea groups is 1. The van der Waals surface area contributed by atoms with Crippen molar-refractivity contribution in [3.63, 3.8) is 0 Å². The molecule has 2 N–H and O–H groups in total. The van der Waals surface area contributed by atoms with Gasteiger partial charge in [-0.3, -0.25) is 14.5 Å². The summed E-state index contributed by atoms with van der Waals surface area (Å²) >= 11 is 0. The van der Waals surface area contributed by atoms with Crippen LogP contribution in [0.2, 0.25) is 0 Å². The lowest BCUT2D eigenvalue weighted by molar-refractivity contribution is -0.131. The Balaban J connectivity index is 1.32. The molecule has 7 nitrogen and oxygen atoms in total. The number of hydrogen-bond acceptors (Lipinski definition) is 3. The molecular formula is C26H28N4O3. The average Bonchev–Trinajstić information content (AvgIpc) is 3.37. The average molecular weight is 445 g/mol. The normalized spacial score (nSPS) is 19.2. The van der Waals surface area contributed by atoms with Crippen molar-refractivity contribution >= 4 is 34.4 Å². The SMILES string of the molecule is O=C1N[C@H](Cc2c[nH]c3ccccc23)C(=O)N1CC(=O)N(c1ccccc1)C1CCCCC1. The van der Waals surface area contributed by atoms with Crippen LogP contribution >= 0.6 is 0 Å². The molecule has 0 radical (unpaired) electrons. The van der Waals surface area contributed by atoms with Gasteiger partial charge in [0.15, 0.2) is 0 Å². The first-order valence-electron chi connectivity index (χ1n) is 11.7. The van der Waals surface area contributed by atoms with Crippen LogP contribution in [0.25, 0.3) is 10.9 Å². The minimum atomic E-state index is -0.677. The topological polar surface area (TPSA) is 85.5 Å². The molecule has 1 saturated heterocycles. The number of carbonyl (C=O) groups excluding carboxylic acids is 3. The van der Waals surface area contributed by atoms with Gasteiger partial charge in [-0.05, 0) is 36.6 Å². The minimum Gasteiger partial charge on any atom is -0.361 e. The third kappa shape index (κ3) is 4.23. The number of benzene rings is 2.